The highest BCUT2D eigenvalue weighted by Gasteiger charge is 2.29. The molecule has 0 fully saturated rings. The van der Waals surface area contributed by atoms with Gasteiger partial charge in [-0.1, -0.05) is 0 Å². The van der Waals surface area contributed by atoms with Gasteiger partial charge in [0.2, 0.25) is 11.9 Å². The fourth-order valence-electron chi connectivity index (χ4n) is 3.67. The van der Waals surface area contributed by atoms with Gasteiger partial charge in [0.05, 0.1) is 17.1 Å². The third kappa shape index (κ3) is 6.93. The topological polar surface area (TPSA) is 59.8 Å². The molecule has 0 aromatic heterocycles. The van der Waals surface area contributed by atoms with Crippen LogP contribution < -0.4 is 0 Å². The second-order valence-corrected chi connectivity index (χ2v) is 12.9. The molecule has 11 heteroatoms. The van der Waals surface area contributed by atoms with Gasteiger partial charge in [0.1, 0.15) is 0 Å². The summed E-state index contributed by atoms with van der Waals surface area (Å²) in [6.45, 7) is 0. The molecular formula is C22H45N10P. The fraction of sp³-hybridized carbons (Fsp3) is 0.636. The van der Waals surface area contributed by atoms with Gasteiger partial charge in [0.15, 0.2) is 7.51 Å². The molecule has 33 heavy (non-hydrogen) atoms. The smallest absolute Gasteiger partial charge is 0.200 e. The Labute approximate surface area is 202 Å². The van der Waals surface area contributed by atoms with Crippen molar-refractivity contribution in [2.45, 2.75) is 0 Å². The van der Waals surface area contributed by atoms with Crippen molar-refractivity contribution in [3.8, 4) is 0 Å². The van der Waals surface area contributed by atoms with Crippen LogP contribution in [0.2, 0.25) is 0 Å². The molecule has 0 aliphatic rings. The minimum atomic E-state index is -2.18. The first-order valence-electron chi connectivity index (χ1n) is 10.8. The summed E-state index contributed by atoms with van der Waals surface area (Å²) in [5.74, 6) is 1.70. The highest BCUT2D eigenvalue weighted by Crippen LogP contribution is 2.58. The van der Waals surface area contributed by atoms with Crippen molar-refractivity contribution in [2.24, 2.45) is 14.7 Å². The molecule has 0 atom stereocenters. The van der Waals surface area contributed by atoms with E-state index in [0.717, 1.165) is 29.0 Å². The zero-order chi connectivity index (χ0) is 25.7. The number of nitrogens with zero attached hydrogens (tertiary/aromatic N) is 10. The average Bonchev–Trinajstić information content (AvgIpc) is 2.67. The van der Waals surface area contributed by atoms with Crippen LogP contribution >= 0.6 is 7.51 Å². The van der Waals surface area contributed by atoms with Gasteiger partial charge in [0, 0.05) is 56.4 Å². The Hall–Kier alpha value is -2.13. The lowest BCUT2D eigenvalue weighted by molar-refractivity contribution is 0.474. The average molecular weight is 481 g/mol. The van der Waals surface area contributed by atoms with Gasteiger partial charge < -0.3 is 19.6 Å². The minimum absolute atomic E-state index is 0.803. The summed E-state index contributed by atoms with van der Waals surface area (Å²) in [4.78, 5) is 17.9. The van der Waals surface area contributed by atoms with Gasteiger partial charge in [-0.05, 0) is 60.5 Å². The normalized spacial score (nSPS) is 11.5. The van der Waals surface area contributed by atoms with Crippen molar-refractivity contribution in [3.63, 3.8) is 0 Å². The van der Waals surface area contributed by atoms with Gasteiger partial charge in [-0.25, -0.2) is 14.7 Å². The quantitative estimate of drug-likeness (QED) is 0.352. The molecule has 0 heterocycles. The molecule has 0 spiro atoms. The van der Waals surface area contributed by atoms with Crippen LogP contribution in [0.25, 0.3) is 0 Å². The van der Waals surface area contributed by atoms with Crippen LogP contribution in [0.5, 0.6) is 0 Å². The lowest BCUT2D eigenvalue weighted by Crippen LogP contribution is -2.35. The molecule has 0 amide bonds. The highest BCUT2D eigenvalue weighted by molar-refractivity contribution is 7.59. The number of benzene rings is 1. The minimum Gasteiger partial charge on any atom is -0.349 e. The lowest BCUT2D eigenvalue weighted by atomic mass is 10.2. The summed E-state index contributed by atoms with van der Waals surface area (Å²) >= 11 is 0. The van der Waals surface area contributed by atoms with Crippen molar-refractivity contribution in [2.75, 3.05) is 98.7 Å². The van der Waals surface area contributed by atoms with Crippen LogP contribution in [0.15, 0.2) is 32.9 Å². The Morgan fingerprint density at radius 1 is 0.545 bits per heavy atom. The number of hydrogen-bond acceptors (Lipinski definition) is 3. The summed E-state index contributed by atoms with van der Waals surface area (Å²) in [7, 11) is 26.2. The van der Waals surface area contributed by atoms with Crippen LogP contribution in [0, 0.1) is 0 Å². The maximum Gasteiger partial charge on any atom is 0.200 e. The van der Waals surface area contributed by atoms with Crippen molar-refractivity contribution < 1.29 is 0 Å². The Morgan fingerprint density at radius 3 is 1.30 bits per heavy atom. The van der Waals surface area contributed by atoms with Crippen LogP contribution in [-0.4, -0.2) is 144 Å². The molecule has 1 aromatic carbocycles. The molecule has 0 unspecified atom stereocenters. The summed E-state index contributed by atoms with van der Waals surface area (Å²) < 4.78 is 12.0. The van der Waals surface area contributed by atoms with E-state index in [1.54, 1.807) is 0 Å². The monoisotopic (exact) mass is 480 g/mol. The zero-order valence-electron chi connectivity index (χ0n) is 23.2. The van der Waals surface area contributed by atoms with E-state index < -0.39 is 7.51 Å². The van der Waals surface area contributed by atoms with Crippen LogP contribution in [0.4, 0.5) is 17.1 Å². The van der Waals surface area contributed by atoms with Crippen LogP contribution in [0.3, 0.4) is 0 Å². The summed E-state index contributed by atoms with van der Waals surface area (Å²) in [5.41, 5.74) is 2.44. The van der Waals surface area contributed by atoms with E-state index in [1.165, 1.54) is 0 Å². The predicted octanol–water partition coefficient (Wildman–Crippen LogP) is 3.17. The third-order valence-corrected chi connectivity index (χ3v) is 8.56. The standard InChI is InChI=1S/C22H45N10P/c1-26(2)21(27(3)4)23-18-15-16-19(24-22(28(5)6)29(7)8)20(17-18)25-33(30(9)10,31(11)12)32(13)14/h15-17H,1-14H3. The first kappa shape index (κ1) is 28.9. The molecule has 1 aromatic rings. The highest BCUT2D eigenvalue weighted by atomic mass is 31.2. The Morgan fingerprint density at radius 2 is 0.939 bits per heavy atom. The van der Waals surface area contributed by atoms with Crippen molar-refractivity contribution >= 4 is 36.5 Å². The van der Waals surface area contributed by atoms with Crippen molar-refractivity contribution in [1.82, 2.24) is 33.6 Å². The first-order valence-corrected chi connectivity index (χ1v) is 12.4. The SMILES string of the molecule is CN(C)C(=Nc1ccc(N=C(N(C)C)N(C)C)c(N=P(N(C)C)(N(C)C)N(C)C)c1)N(C)C. The molecule has 0 N–H and O–H groups in total. The van der Waals surface area contributed by atoms with Crippen LogP contribution in [-0.2, 0) is 0 Å². The number of hydrogen-bond donors (Lipinski definition) is 0. The number of rotatable bonds is 6. The van der Waals surface area contributed by atoms with Crippen LogP contribution in [0.1, 0.15) is 0 Å². The van der Waals surface area contributed by atoms with E-state index in [9.17, 15) is 0 Å². The Kier molecular flexibility index (Phi) is 10.4. The molecule has 0 saturated heterocycles. The molecule has 0 radical (unpaired) electrons. The lowest BCUT2D eigenvalue weighted by Gasteiger charge is -2.41. The van der Waals surface area contributed by atoms with Crippen molar-refractivity contribution in [1.29, 1.82) is 0 Å². The van der Waals surface area contributed by atoms with Gasteiger partial charge >= 0.3 is 0 Å². The zero-order valence-corrected chi connectivity index (χ0v) is 24.0. The second kappa shape index (κ2) is 11.8. The van der Waals surface area contributed by atoms with Gasteiger partial charge in [-0.3, -0.25) is 14.0 Å². The maximum atomic E-state index is 5.37. The van der Waals surface area contributed by atoms with E-state index in [1.807, 2.05) is 94.2 Å². The largest absolute Gasteiger partial charge is 0.349 e. The van der Waals surface area contributed by atoms with Gasteiger partial charge in [-0.15, -0.1) is 0 Å². The summed E-state index contributed by atoms with van der Waals surface area (Å²) in [5, 5.41) is 0. The van der Waals surface area contributed by atoms with E-state index in [4.69, 9.17) is 14.7 Å². The molecule has 0 saturated carbocycles. The summed E-state index contributed by atoms with van der Waals surface area (Å²) in [6.07, 6.45) is 0. The van der Waals surface area contributed by atoms with E-state index in [0.29, 0.717) is 0 Å². The van der Waals surface area contributed by atoms with Gasteiger partial charge in [-0.2, -0.15) is 0 Å². The molecular weight excluding hydrogens is 435 g/mol. The first-order chi connectivity index (χ1) is 15.1. The Balaban J connectivity index is 4.02. The number of guanidine groups is 2. The van der Waals surface area contributed by atoms with E-state index in [-0.39, 0.29) is 0 Å². The molecule has 0 bridgehead atoms. The third-order valence-electron chi connectivity index (χ3n) is 4.86. The molecule has 10 nitrogen and oxygen atoms in total. The van der Waals surface area contributed by atoms with E-state index >= 15 is 0 Å². The van der Waals surface area contributed by atoms with Gasteiger partial charge in [0.25, 0.3) is 0 Å². The summed E-state index contributed by atoms with van der Waals surface area (Å²) in [6, 6.07) is 6.03. The van der Waals surface area contributed by atoms with E-state index in [2.05, 4.69) is 56.3 Å². The maximum absolute atomic E-state index is 5.37. The molecule has 0 aliphatic heterocycles. The van der Waals surface area contributed by atoms with Crippen molar-refractivity contribution in [3.05, 3.63) is 18.2 Å². The predicted molar refractivity (Wildman–Crippen MR) is 145 cm³/mol. The Bertz CT molecular complexity index is 850. The number of aliphatic imine (C=N–C) groups is 2. The molecule has 188 valence electrons. The molecule has 0 aliphatic carbocycles. The molecule has 1 rings (SSSR count). The second-order valence-electron chi connectivity index (χ2n) is 9.25. The fourth-order valence-corrected chi connectivity index (χ4v) is 6.80.